The number of carbonyl (C=O) groups excluding carboxylic acids is 1. The number of aliphatic hydroxyl groups excluding tert-OH is 2. The van der Waals surface area contributed by atoms with Crippen LogP contribution in [0.5, 0.6) is 0 Å². The van der Waals surface area contributed by atoms with E-state index in [9.17, 15) is 20.1 Å². The Morgan fingerprint density at radius 1 is 1.05 bits per heavy atom. The van der Waals surface area contributed by atoms with E-state index in [1.807, 2.05) is 13.8 Å². The van der Waals surface area contributed by atoms with Gasteiger partial charge in [-0.3, -0.25) is 4.79 Å². The monoisotopic (exact) mass is 604 g/mol. The van der Waals surface area contributed by atoms with Crippen LogP contribution in [0.1, 0.15) is 92.4 Å². The van der Waals surface area contributed by atoms with Crippen LogP contribution in [0.15, 0.2) is 23.5 Å². The third kappa shape index (κ3) is 5.15. The number of hydrogen-bond acceptors (Lipinski definition) is 9. The molecule has 2 heterocycles. The Kier molecular flexibility index (Phi) is 8.45. The number of Topliss-reactive ketones (excluding diaryl/α,β-unsaturated/α-hetero) is 1. The van der Waals surface area contributed by atoms with Crippen molar-refractivity contribution in [1.82, 2.24) is 0 Å². The molecule has 0 aromatic heterocycles. The molecule has 1 unspecified atom stereocenters. The van der Waals surface area contributed by atoms with Crippen LogP contribution in [0.4, 0.5) is 0 Å². The third-order valence-electron chi connectivity index (χ3n) is 12.7. The molecule has 9 nitrogen and oxygen atoms in total. The standard InChI is InChI=1S/C34H52O9/c1-18-15-27(39-6)30(37)31(40-18)43-22-9-12-32(4)21(16-22)7-8-23-24(32)10-13-33(5)25(23)11-14-34(33,38)20(3)42-28-17-26(35)29(36)19(2)41-28/h7,15,18-20,22-26,28-29,31,35-36,38H,8-14,16-17H2,1-6H3/t18-,19-,20+,22+,23-,24+,25+,26-,28+,29-,31?,32+,33+,34+/m1/s1. The summed E-state index contributed by atoms with van der Waals surface area (Å²) in [5.74, 6) is 1.48. The van der Waals surface area contributed by atoms with Crippen LogP contribution in [0.3, 0.4) is 0 Å². The van der Waals surface area contributed by atoms with Gasteiger partial charge in [-0.05, 0) is 101 Å². The lowest BCUT2D eigenvalue weighted by molar-refractivity contribution is -0.288. The molecule has 4 aliphatic carbocycles. The lowest BCUT2D eigenvalue weighted by Crippen LogP contribution is -2.59. The van der Waals surface area contributed by atoms with Crippen LogP contribution >= 0.6 is 0 Å². The number of ether oxygens (including phenoxy) is 5. The summed E-state index contributed by atoms with van der Waals surface area (Å²) in [4.78, 5) is 12.8. The molecule has 14 atom stereocenters. The van der Waals surface area contributed by atoms with E-state index in [-0.39, 0.29) is 35.2 Å². The molecule has 0 spiro atoms. The molecule has 43 heavy (non-hydrogen) atoms. The number of methoxy groups -OCH3 is 1. The van der Waals surface area contributed by atoms with Gasteiger partial charge in [0.1, 0.15) is 6.10 Å². The summed E-state index contributed by atoms with van der Waals surface area (Å²) in [6.45, 7) is 10.3. The van der Waals surface area contributed by atoms with Gasteiger partial charge in [0.15, 0.2) is 12.0 Å². The number of rotatable bonds is 6. The summed E-state index contributed by atoms with van der Waals surface area (Å²) in [7, 11) is 1.51. The largest absolute Gasteiger partial charge is 0.493 e. The van der Waals surface area contributed by atoms with E-state index in [1.54, 1.807) is 13.0 Å². The molecule has 0 radical (unpaired) electrons. The van der Waals surface area contributed by atoms with Crippen LogP contribution < -0.4 is 0 Å². The minimum Gasteiger partial charge on any atom is -0.493 e. The van der Waals surface area contributed by atoms with Crippen LogP contribution in [-0.2, 0) is 28.5 Å². The summed E-state index contributed by atoms with van der Waals surface area (Å²) in [6, 6.07) is 0. The number of fused-ring (bicyclic) bond motifs is 5. The Bertz CT molecular complexity index is 1120. The van der Waals surface area contributed by atoms with Gasteiger partial charge in [-0.15, -0.1) is 0 Å². The van der Waals surface area contributed by atoms with Crippen LogP contribution in [0.2, 0.25) is 0 Å². The van der Waals surface area contributed by atoms with Crippen molar-refractivity contribution in [3.05, 3.63) is 23.5 Å². The fraction of sp³-hybridized carbons (Fsp3) is 0.853. The molecule has 0 aromatic carbocycles. The highest BCUT2D eigenvalue weighted by atomic mass is 16.7. The van der Waals surface area contributed by atoms with Crippen LogP contribution in [0, 0.1) is 28.6 Å². The number of carbonyl (C=O) groups is 1. The second-order valence-electron chi connectivity index (χ2n) is 14.8. The van der Waals surface area contributed by atoms with E-state index >= 15 is 0 Å². The molecule has 3 N–H and O–H groups in total. The van der Waals surface area contributed by atoms with Gasteiger partial charge < -0.3 is 39.0 Å². The van der Waals surface area contributed by atoms with E-state index in [0.29, 0.717) is 29.9 Å². The number of hydrogen-bond donors (Lipinski definition) is 3. The van der Waals surface area contributed by atoms with Gasteiger partial charge in [-0.2, -0.15) is 0 Å². The first-order valence-electron chi connectivity index (χ1n) is 16.5. The highest BCUT2D eigenvalue weighted by Crippen LogP contribution is 2.68. The van der Waals surface area contributed by atoms with Gasteiger partial charge in [0.05, 0.1) is 43.2 Å². The van der Waals surface area contributed by atoms with E-state index in [2.05, 4.69) is 19.9 Å². The fourth-order valence-electron chi connectivity index (χ4n) is 10.1. The van der Waals surface area contributed by atoms with Gasteiger partial charge in [0, 0.05) is 11.8 Å². The van der Waals surface area contributed by atoms with Crippen molar-refractivity contribution in [3.63, 3.8) is 0 Å². The summed E-state index contributed by atoms with van der Waals surface area (Å²) in [6.07, 6.45) is 6.94. The van der Waals surface area contributed by atoms with Crippen molar-refractivity contribution >= 4 is 5.78 Å². The third-order valence-corrected chi connectivity index (χ3v) is 12.7. The van der Waals surface area contributed by atoms with Gasteiger partial charge >= 0.3 is 0 Å². The Morgan fingerprint density at radius 2 is 1.79 bits per heavy atom. The zero-order chi connectivity index (χ0) is 30.9. The maximum Gasteiger partial charge on any atom is 0.252 e. The number of ketones is 1. The fourth-order valence-corrected chi connectivity index (χ4v) is 10.1. The van der Waals surface area contributed by atoms with Crippen LogP contribution in [0.25, 0.3) is 0 Å². The second kappa shape index (κ2) is 11.5. The van der Waals surface area contributed by atoms with Crippen molar-refractivity contribution < 1.29 is 43.8 Å². The Balaban J connectivity index is 1.14. The molecular formula is C34H52O9. The molecule has 6 aliphatic rings. The van der Waals surface area contributed by atoms with Crippen LogP contribution in [-0.4, -0.2) is 83.0 Å². The van der Waals surface area contributed by atoms with E-state index < -0.39 is 42.6 Å². The number of allylic oxidation sites excluding steroid dienone is 1. The molecule has 3 saturated carbocycles. The van der Waals surface area contributed by atoms with Crippen molar-refractivity contribution in [3.8, 4) is 0 Å². The Hall–Kier alpha value is -1.33. The quantitative estimate of drug-likeness (QED) is 0.383. The molecule has 6 rings (SSSR count). The van der Waals surface area contributed by atoms with Crippen molar-refractivity contribution in [2.75, 3.05) is 7.11 Å². The Labute approximate surface area is 255 Å². The zero-order valence-electron chi connectivity index (χ0n) is 26.7. The summed E-state index contributed by atoms with van der Waals surface area (Å²) < 4.78 is 29.5. The topological polar surface area (TPSA) is 124 Å². The van der Waals surface area contributed by atoms with E-state index in [4.69, 9.17) is 23.7 Å². The summed E-state index contributed by atoms with van der Waals surface area (Å²) in [5.41, 5.74) is 0.252. The predicted molar refractivity (Wildman–Crippen MR) is 157 cm³/mol. The molecule has 242 valence electrons. The highest BCUT2D eigenvalue weighted by molar-refractivity contribution is 5.96. The second-order valence-corrected chi connectivity index (χ2v) is 14.8. The van der Waals surface area contributed by atoms with Crippen molar-refractivity contribution in [2.24, 2.45) is 28.6 Å². The molecule has 4 fully saturated rings. The minimum absolute atomic E-state index is 0.0685. The number of aliphatic hydroxyl groups is 3. The van der Waals surface area contributed by atoms with Crippen molar-refractivity contribution in [1.29, 1.82) is 0 Å². The first kappa shape index (κ1) is 31.6. The smallest absolute Gasteiger partial charge is 0.252 e. The molecule has 1 saturated heterocycles. The maximum atomic E-state index is 12.8. The van der Waals surface area contributed by atoms with E-state index in [0.717, 1.165) is 44.9 Å². The zero-order valence-corrected chi connectivity index (χ0v) is 26.7. The van der Waals surface area contributed by atoms with E-state index in [1.165, 1.54) is 12.7 Å². The maximum absolute atomic E-state index is 12.8. The highest BCUT2D eigenvalue weighted by Gasteiger charge is 2.65. The molecular weight excluding hydrogens is 552 g/mol. The average molecular weight is 605 g/mol. The van der Waals surface area contributed by atoms with Gasteiger partial charge in [0.25, 0.3) is 5.78 Å². The lowest BCUT2D eigenvalue weighted by atomic mass is 9.46. The molecule has 0 bridgehead atoms. The first-order chi connectivity index (χ1) is 20.3. The van der Waals surface area contributed by atoms with Gasteiger partial charge in [0.2, 0.25) is 6.29 Å². The molecule has 9 heteroatoms. The SMILES string of the molecule is COC1=C[C@@H](C)OC(O[C@H]2CC[C@@]3(C)C(=CC[C@@H]4[C@@H]3CC[C@@]3(C)[C@H]4CC[C@]3(O)[C@H](C)O[C@H]3C[C@@H](O)[C@H](O)[C@@H](C)O3)C2)C1=O. The van der Waals surface area contributed by atoms with Gasteiger partial charge in [-0.1, -0.05) is 25.5 Å². The molecule has 0 aromatic rings. The predicted octanol–water partition coefficient (Wildman–Crippen LogP) is 4.17. The van der Waals surface area contributed by atoms with Gasteiger partial charge in [-0.25, -0.2) is 0 Å². The van der Waals surface area contributed by atoms with Crippen molar-refractivity contribution in [2.45, 2.75) is 147 Å². The normalized spacial score (nSPS) is 50.6. The molecule has 0 amide bonds. The molecule has 2 aliphatic heterocycles. The minimum atomic E-state index is -0.994. The summed E-state index contributed by atoms with van der Waals surface area (Å²) >= 11 is 0. The average Bonchev–Trinajstić information content (AvgIpc) is 3.25. The lowest BCUT2D eigenvalue weighted by Gasteiger charge is -2.59. The first-order valence-corrected chi connectivity index (χ1v) is 16.5. The Morgan fingerprint density at radius 3 is 2.51 bits per heavy atom. The summed E-state index contributed by atoms with van der Waals surface area (Å²) in [5, 5.41) is 32.7.